The Kier molecular flexibility index (Phi) is 2.62. The molecule has 98 valence electrons. The predicted octanol–water partition coefficient (Wildman–Crippen LogP) is -0.346. The zero-order valence-corrected chi connectivity index (χ0v) is 10.1. The molecule has 0 unspecified atom stereocenters. The summed E-state index contributed by atoms with van der Waals surface area (Å²) in [5.74, 6) is 4.73. The topological polar surface area (TPSA) is 98.7 Å². The van der Waals surface area contributed by atoms with Crippen molar-refractivity contribution in [1.29, 1.82) is 0 Å². The summed E-state index contributed by atoms with van der Waals surface area (Å²) in [7, 11) is 0. The van der Waals surface area contributed by atoms with Gasteiger partial charge in [0.2, 0.25) is 5.78 Å². The van der Waals surface area contributed by atoms with E-state index in [1.165, 1.54) is 5.01 Å². The lowest BCUT2D eigenvalue weighted by atomic mass is 9.90. The van der Waals surface area contributed by atoms with Crippen LogP contribution in [0.2, 0.25) is 0 Å². The molecule has 1 aromatic rings. The zero-order chi connectivity index (χ0) is 13.6. The third kappa shape index (κ3) is 1.65. The van der Waals surface area contributed by atoms with Crippen LogP contribution < -0.4 is 11.6 Å². The number of fused-ring (bicyclic) bond motifs is 1. The highest BCUT2D eigenvalue weighted by Crippen LogP contribution is 2.30. The van der Waals surface area contributed by atoms with Gasteiger partial charge in [-0.25, -0.2) is 5.84 Å². The molecule has 1 aliphatic heterocycles. The standard InChI is InChI=1S/C13H13N3O3/c14-10-11(16(15)7-5-19-6-7)8-3-1-2-4-9(8)12(17)13(10)18/h1-4,7H,5-6,14-15H2. The van der Waals surface area contributed by atoms with Gasteiger partial charge in [-0.2, -0.15) is 0 Å². The molecule has 1 fully saturated rings. The third-order valence-corrected chi connectivity index (χ3v) is 3.40. The first-order valence-corrected chi connectivity index (χ1v) is 5.91. The molecule has 1 heterocycles. The van der Waals surface area contributed by atoms with E-state index < -0.39 is 11.6 Å². The van der Waals surface area contributed by atoms with Crippen molar-refractivity contribution in [3.8, 4) is 0 Å². The van der Waals surface area contributed by atoms with Gasteiger partial charge in [-0.3, -0.25) is 9.59 Å². The maximum Gasteiger partial charge on any atom is 0.251 e. The summed E-state index contributed by atoms with van der Waals surface area (Å²) >= 11 is 0. The van der Waals surface area contributed by atoms with Crippen LogP contribution in [0, 0.1) is 0 Å². The molecule has 0 atom stereocenters. The van der Waals surface area contributed by atoms with Gasteiger partial charge in [0.15, 0.2) is 0 Å². The number of carbonyl (C=O) groups is 2. The molecular weight excluding hydrogens is 246 g/mol. The van der Waals surface area contributed by atoms with E-state index in [0.29, 0.717) is 30.0 Å². The molecule has 0 spiro atoms. The van der Waals surface area contributed by atoms with Gasteiger partial charge in [0.1, 0.15) is 5.70 Å². The summed E-state index contributed by atoms with van der Waals surface area (Å²) in [5.41, 5.74) is 7.04. The van der Waals surface area contributed by atoms with Crippen molar-refractivity contribution >= 4 is 17.3 Å². The number of carbonyl (C=O) groups excluding carboxylic acids is 2. The van der Waals surface area contributed by atoms with Crippen LogP contribution in [0.3, 0.4) is 0 Å². The lowest BCUT2D eigenvalue weighted by molar-refractivity contribution is -0.112. The predicted molar refractivity (Wildman–Crippen MR) is 67.5 cm³/mol. The van der Waals surface area contributed by atoms with Crippen LogP contribution in [0.1, 0.15) is 15.9 Å². The molecule has 19 heavy (non-hydrogen) atoms. The molecule has 0 radical (unpaired) electrons. The second-order valence-electron chi connectivity index (χ2n) is 4.56. The molecule has 6 heteroatoms. The smallest absolute Gasteiger partial charge is 0.251 e. The molecule has 3 rings (SSSR count). The third-order valence-electron chi connectivity index (χ3n) is 3.40. The number of rotatable bonds is 2. The summed E-state index contributed by atoms with van der Waals surface area (Å²) in [6, 6.07) is 6.80. The number of ketones is 2. The first-order valence-electron chi connectivity index (χ1n) is 5.91. The minimum absolute atomic E-state index is 0.0254. The van der Waals surface area contributed by atoms with Crippen LogP contribution in [0.5, 0.6) is 0 Å². The van der Waals surface area contributed by atoms with Gasteiger partial charge in [0.05, 0.1) is 25.0 Å². The molecule has 0 amide bonds. The summed E-state index contributed by atoms with van der Waals surface area (Å²) in [6.07, 6.45) is 0. The fourth-order valence-corrected chi connectivity index (χ4v) is 2.23. The Morgan fingerprint density at radius 2 is 1.74 bits per heavy atom. The van der Waals surface area contributed by atoms with Gasteiger partial charge >= 0.3 is 0 Å². The summed E-state index contributed by atoms with van der Waals surface area (Å²) in [5, 5.41) is 1.43. The number of nitrogens with zero attached hydrogens (tertiary/aromatic N) is 1. The molecule has 1 saturated heterocycles. The zero-order valence-electron chi connectivity index (χ0n) is 10.1. The number of nitrogens with two attached hydrogens (primary N) is 2. The van der Waals surface area contributed by atoms with E-state index in [1.54, 1.807) is 24.3 Å². The van der Waals surface area contributed by atoms with Crippen molar-refractivity contribution in [2.24, 2.45) is 11.6 Å². The summed E-state index contributed by atoms with van der Waals surface area (Å²) in [4.78, 5) is 23.8. The molecule has 0 bridgehead atoms. The number of hydrazine groups is 1. The Morgan fingerprint density at radius 3 is 2.32 bits per heavy atom. The average molecular weight is 259 g/mol. The molecule has 1 aliphatic carbocycles. The van der Waals surface area contributed by atoms with Crippen LogP contribution in [-0.2, 0) is 9.53 Å². The molecule has 4 N–H and O–H groups in total. The minimum atomic E-state index is -0.704. The second kappa shape index (κ2) is 4.18. The van der Waals surface area contributed by atoms with Crippen molar-refractivity contribution in [2.45, 2.75) is 6.04 Å². The summed E-state index contributed by atoms with van der Waals surface area (Å²) < 4.78 is 5.08. The van der Waals surface area contributed by atoms with Crippen molar-refractivity contribution in [3.05, 3.63) is 41.1 Å². The van der Waals surface area contributed by atoms with Gasteiger partial charge < -0.3 is 15.5 Å². The number of Topliss-reactive ketones (excluding diaryl/α,β-unsaturated/α-hetero) is 2. The van der Waals surface area contributed by atoms with Gasteiger partial charge in [0, 0.05) is 11.1 Å². The molecule has 1 aromatic carbocycles. The first-order chi connectivity index (χ1) is 9.11. The molecular formula is C13H13N3O3. The maximum absolute atomic E-state index is 11.9. The highest BCUT2D eigenvalue weighted by atomic mass is 16.5. The largest absolute Gasteiger partial charge is 0.394 e. The number of benzene rings is 1. The molecule has 6 nitrogen and oxygen atoms in total. The lowest BCUT2D eigenvalue weighted by Crippen LogP contribution is -2.53. The van der Waals surface area contributed by atoms with Crippen LogP contribution in [0.25, 0.3) is 5.70 Å². The summed E-state index contributed by atoms with van der Waals surface area (Å²) in [6.45, 7) is 0.967. The van der Waals surface area contributed by atoms with E-state index >= 15 is 0 Å². The van der Waals surface area contributed by atoms with E-state index in [0.717, 1.165) is 0 Å². The van der Waals surface area contributed by atoms with Crippen molar-refractivity contribution in [1.82, 2.24) is 5.01 Å². The fourth-order valence-electron chi connectivity index (χ4n) is 2.23. The van der Waals surface area contributed by atoms with E-state index in [4.69, 9.17) is 16.3 Å². The van der Waals surface area contributed by atoms with Crippen molar-refractivity contribution < 1.29 is 14.3 Å². The van der Waals surface area contributed by atoms with Crippen LogP contribution in [0.4, 0.5) is 0 Å². The van der Waals surface area contributed by atoms with E-state index in [9.17, 15) is 9.59 Å². The number of ether oxygens (including phenoxy) is 1. The van der Waals surface area contributed by atoms with E-state index in [-0.39, 0.29) is 11.7 Å². The maximum atomic E-state index is 11.9. The normalized spacial score (nSPS) is 19.2. The molecule has 0 aromatic heterocycles. The number of hydrogen-bond donors (Lipinski definition) is 2. The van der Waals surface area contributed by atoms with Crippen molar-refractivity contribution in [2.75, 3.05) is 13.2 Å². The fraction of sp³-hybridized carbons (Fsp3) is 0.231. The average Bonchev–Trinajstić information content (AvgIpc) is 2.34. The van der Waals surface area contributed by atoms with Crippen LogP contribution >= 0.6 is 0 Å². The van der Waals surface area contributed by atoms with E-state index in [2.05, 4.69) is 0 Å². The quantitative estimate of drug-likeness (QED) is 0.428. The van der Waals surface area contributed by atoms with Crippen LogP contribution in [-0.4, -0.2) is 35.8 Å². The van der Waals surface area contributed by atoms with Crippen LogP contribution in [0.15, 0.2) is 30.0 Å². The molecule has 0 saturated carbocycles. The Balaban J connectivity index is 2.14. The molecule has 2 aliphatic rings. The minimum Gasteiger partial charge on any atom is -0.394 e. The SMILES string of the molecule is NC1=C(N(N)C2COC2)c2ccccc2C(=O)C1=O. The highest BCUT2D eigenvalue weighted by Gasteiger charge is 2.36. The Hall–Kier alpha value is -2.18. The lowest BCUT2D eigenvalue weighted by Gasteiger charge is -2.38. The van der Waals surface area contributed by atoms with Gasteiger partial charge in [-0.05, 0) is 0 Å². The van der Waals surface area contributed by atoms with E-state index in [1.807, 2.05) is 0 Å². The number of allylic oxidation sites excluding steroid dienone is 1. The second-order valence-corrected chi connectivity index (χ2v) is 4.56. The van der Waals surface area contributed by atoms with Gasteiger partial charge in [0.25, 0.3) is 5.78 Å². The first kappa shape index (κ1) is 11.9. The monoisotopic (exact) mass is 259 g/mol. The Bertz CT molecular complexity index is 605. The van der Waals surface area contributed by atoms with Crippen molar-refractivity contribution in [3.63, 3.8) is 0 Å². The Morgan fingerprint density at radius 1 is 1.11 bits per heavy atom. The number of hydrogen-bond acceptors (Lipinski definition) is 6. The van der Waals surface area contributed by atoms with Gasteiger partial charge in [-0.1, -0.05) is 24.3 Å². The van der Waals surface area contributed by atoms with Gasteiger partial charge in [-0.15, -0.1) is 0 Å². The highest BCUT2D eigenvalue weighted by molar-refractivity contribution is 6.52. The Labute approximate surface area is 109 Å².